The minimum Gasteiger partial charge on any atom is -0.507 e. The zero-order valence-electron chi connectivity index (χ0n) is 7.75. The van der Waals surface area contributed by atoms with Crippen molar-refractivity contribution in [3.63, 3.8) is 0 Å². The van der Waals surface area contributed by atoms with E-state index in [1.807, 2.05) is 0 Å². The van der Waals surface area contributed by atoms with E-state index in [9.17, 15) is 14.7 Å². The highest BCUT2D eigenvalue weighted by Crippen LogP contribution is 2.33. The van der Waals surface area contributed by atoms with Crippen LogP contribution in [0.5, 0.6) is 5.75 Å². The number of fused-ring (bicyclic) bond motifs is 1. The summed E-state index contributed by atoms with van der Waals surface area (Å²) in [6.07, 6.45) is 0. The Morgan fingerprint density at radius 1 is 1.07 bits per heavy atom. The van der Waals surface area contributed by atoms with Crippen LogP contribution in [0.1, 0.15) is 31.8 Å². The predicted molar refractivity (Wildman–Crippen MR) is 47.3 cm³/mol. The number of carbonyl (C=O) groups is 2. The van der Waals surface area contributed by atoms with Crippen molar-refractivity contribution < 1.29 is 19.4 Å². The van der Waals surface area contributed by atoms with Crippen LogP contribution in [0.2, 0.25) is 0 Å². The standard InChI is InChI=1S/C10H8O4/c1-4-3-5(2)8(11)7-6(4)9(12)14-10(7)13/h3,11H,1-2H3. The third-order valence-corrected chi connectivity index (χ3v) is 2.28. The number of benzene rings is 1. The summed E-state index contributed by atoms with van der Waals surface area (Å²) >= 11 is 0. The molecule has 0 aliphatic carbocycles. The summed E-state index contributed by atoms with van der Waals surface area (Å²) in [5.41, 5.74) is 1.38. The molecule has 0 spiro atoms. The second kappa shape index (κ2) is 2.57. The van der Waals surface area contributed by atoms with Crippen LogP contribution in [0, 0.1) is 13.8 Å². The van der Waals surface area contributed by atoms with E-state index in [0.29, 0.717) is 11.1 Å². The second-order valence-corrected chi connectivity index (χ2v) is 3.29. The first-order valence-electron chi connectivity index (χ1n) is 4.12. The van der Waals surface area contributed by atoms with Crippen LogP contribution in [-0.4, -0.2) is 17.0 Å². The van der Waals surface area contributed by atoms with Crippen molar-refractivity contribution in [1.29, 1.82) is 0 Å². The highest BCUT2D eigenvalue weighted by Gasteiger charge is 2.34. The molecule has 1 heterocycles. The molecule has 0 unspecified atom stereocenters. The fourth-order valence-electron chi connectivity index (χ4n) is 1.63. The largest absolute Gasteiger partial charge is 0.507 e. The second-order valence-electron chi connectivity index (χ2n) is 3.29. The summed E-state index contributed by atoms with van der Waals surface area (Å²) in [6, 6.07) is 1.65. The number of aryl methyl sites for hydroxylation is 2. The molecule has 2 rings (SSSR count). The number of cyclic esters (lactones) is 2. The molecule has 72 valence electrons. The lowest BCUT2D eigenvalue weighted by Crippen LogP contribution is -1.98. The van der Waals surface area contributed by atoms with Gasteiger partial charge in [0.1, 0.15) is 11.3 Å². The van der Waals surface area contributed by atoms with Crippen molar-refractivity contribution in [2.45, 2.75) is 13.8 Å². The maximum Gasteiger partial charge on any atom is 0.350 e. The van der Waals surface area contributed by atoms with E-state index < -0.39 is 11.9 Å². The fourth-order valence-corrected chi connectivity index (χ4v) is 1.63. The summed E-state index contributed by atoms with van der Waals surface area (Å²) < 4.78 is 4.41. The molecule has 0 saturated carbocycles. The lowest BCUT2D eigenvalue weighted by atomic mass is 9.99. The zero-order chi connectivity index (χ0) is 10.5. The van der Waals surface area contributed by atoms with E-state index in [0.717, 1.165) is 0 Å². The first kappa shape index (κ1) is 8.74. The number of rotatable bonds is 0. The molecule has 0 atom stereocenters. The quantitative estimate of drug-likeness (QED) is 0.497. The summed E-state index contributed by atoms with van der Waals surface area (Å²) in [6.45, 7) is 3.36. The molecule has 0 aromatic heterocycles. The molecular weight excluding hydrogens is 184 g/mol. The normalized spacial score (nSPS) is 14.1. The molecule has 0 amide bonds. The Morgan fingerprint density at radius 2 is 1.64 bits per heavy atom. The average molecular weight is 192 g/mol. The molecule has 1 aromatic rings. The number of hydrogen-bond acceptors (Lipinski definition) is 4. The van der Waals surface area contributed by atoms with Gasteiger partial charge in [-0.2, -0.15) is 0 Å². The Labute approximate surface area is 80.1 Å². The number of aromatic hydroxyl groups is 1. The molecule has 1 aliphatic rings. The maximum absolute atomic E-state index is 11.2. The SMILES string of the molecule is Cc1cc(C)c2c(c1O)C(=O)OC2=O. The summed E-state index contributed by atoms with van der Waals surface area (Å²) in [7, 11) is 0. The van der Waals surface area contributed by atoms with Crippen LogP contribution in [0.15, 0.2) is 6.07 Å². The van der Waals surface area contributed by atoms with E-state index in [2.05, 4.69) is 4.74 Å². The molecule has 14 heavy (non-hydrogen) atoms. The van der Waals surface area contributed by atoms with Crippen molar-refractivity contribution in [2.24, 2.45) is 0 Å². The Bertz CT molecular complexity index is 460. The topological polar surface area (TPSA) is 63.6 Å². The molecule has 4 heteroatoms. The van der Waals surface area contributed by atoms with E-state index in [1.165, 1.54) is 0 Å². The number of esters is 2. The highest BCUT2D eigenvalue weighted by atomic mass is 16.6. The van der Waals surface area contributed by atoms with Crippen molar-refractivity contribution >= 4 is 11.9 Å². The van der Waals surface area contributed by atoms with E-state index in [4.69, 9.17) is 0 Å². The van der Waals surface area contributed by atoms with Crippen molar-refractivity contribution in [3.05, 3.63) is 28.3 Å². The molecule has 0 fully saturated rings. The molecular formula is C10H8O4. The Kier molecular flexibility index (Phi) is 1.61. The molecule has 1 N–H and O–H groups in total. The molecule has 0 radical (unpaired) electrons. The molecule has 4 nitrogen and oxygen atoms in total. The number of phenolic OH excluding ortho intramolecular Hbond substituents is 1. The third kappa shape index (κ3) is 0.937. The van der Waals surface area contributed by atoms with E-state index in [-0.39, 0.29) is 16.9 Å². The fraction of sp³-hybridized carbons (Fsp3) is 0.200. The number of hydrogen-bond donors (Lipinski definition) is 1. The highest BCUT2D eigenvalue weighted by molar-refractivity contribution is 6.17. The van der Waals surface area contributed by atoms with Crippen LogP contribution in [-0.2, 0) is 4.74 Å². The average Bonchev–Trinajstić information content (AvgIpc) is 2.38. The lowest BCUT2D eigenvalue weighted by molar-refractivity contribution is 0.0443. The molecule has 0 saturated heterocycles. The summed E-state index contributed by atoms with van der Waals surface area (Å²) in [4.78, 5) is 22.4. The maximum atomic E-state index is 11.2. The molecule has 1 aromatic carbocycles. The Hall–Kier alpha value is -1.84. The summed E-state index contributed by atoms with van der Waals surface area (Å²) in [5, 5.41) is 9.58. The Balaban J connectivity index is 2.86. The van der Waals surface area contributed by atoms with Gasteiger partial charge in [0.2, 0.25) is 0 Å². The van der Waals surface area contributed by atoms with Gasteiger partial charge in [-0.3, -0.25) is 0 Å². The van der Waals surface area contributed by atoms with Crippen LogP contribution >= 0.6 is 0 Å². The van der Waals surface area contributed by atoms with Crippen LogP contribution in [0.25, 0.3) is 0 Å². The van der Waals surface area contributed by atoms with Crippen molar-refractivity contribution in [2.75, 3.05) is 0 Å². The first-order chi connectivity index (χ1) is 6.52. The van der Waals surface area contributed by atoms with Crippen LogP contribution < -0.4 is 0 Å². The minimum absolute atomic E-state index is 0.00694. The van der Waals surface area contributed by atoms with Gasteiger partial charge in [0, 0.05) is 0 Å². The molecule has 0 bridgehead atoms. The summed E-state index contributed by atoms with van der Waals surface area (Å²) in [5.74, 6) is -1.62. The van der Waals surface area contributed by atoms with Gasteiger partial charge in [0.25, 0.3) is 0 Å². The van der Waals surface area contributed by atoms with Crippen LogP contribution in [0.4, 0.5) is 0 Å². The third-order valence-electron chi connectivity index (χ3n) is 2.28. The Morgan fingerprint density at radius 3 is 2.29 bits per heavy atom. The number of carbonyl (C=O) groups excluding carboxylic acids is 2. The predicted octanol–water partition coefficient (Wildman–Crippen LogP) is 1.32. The zero-order valence-corrected chi connectivity index (χ0v) is 7.75. The minimum atomic E-state index is -0.769. The number of ether oxygens (including phenoxy) is 1. The number of phenols is 1. The van der Waals surface area contributed by atoms with Gasteiger partial charge in [-0.05, 0) is 25.0 Å². The molecule has 1 aliphatic heterocycles. The van der Waals surface area contributed by atoms with Gasteiger partial charge in [0.15, 0.2) is 0 Å². The lowest BCUT2D eigenvalue weighted by Gasteiger charge is -2.04. The van der Waals surface area contributed by atoms with Gasteiger partial charge < -0.3 is 9.84 Å². The van der Waals surface area contributed by atoms with Gasteiger partial charge in [-0.25, -0.2) is 9.59 Å². The van der Waals surface area contributed by atoms with Gasteiger partial charge in [-0.1, -0.05) is 6.07 Å². The van der Waals surface area contributed by atoms with Crippen molar-refractivity contribution in [1.82, 2.24) is 0 Å². The monoisotopic (exact) mass is 192 g/mol. The smallest absolute Gasteiger partial charge is 0.350 e. The van der Waals surface area contributed by atoms with Gasteiger partial charge >= 0.3 is 11.9 Å². The van der Waals surface area contributed by atoms with Crippen LogP contribution in [0.3, 0.4) is 0 Å². The van der Waals surface area contributed by atoms with Crippen molar-refractivity contribution in [3.8, 4) is 5.75 Å². The van der Waals surface area contributed by atoms with E-state index in [1.54, 1.807) is 19.9 Å². The van der Waals surface area contributed by atoms with Gasteiger partial charge in [0.05, 0.1) is 5.56 Å². The van der Waals surface area contributed by atoms with E-state index >= 15 is 0 Å². The van der Waals surface area contributed by atoms with Gasteiger partial charge in [-0.15, -0.1) is 0 Å². The first-order valence-corrected chi connectivity index (χ1v) is 4.12.